The highest BCUT2D eigenvalue weighted by molar-refractivity contribution is 6.21. The molecule has 4 saturated carbocycles. The van der Waals surface area contributed by atoms with E-state index in [2.05, 4.69) is 16.0 Å². The van der Waals surface area contributed by atoms with Crippen LogP contribution in [-0.2, 0) is 57.5 Å². The molecule has 3 unspecified atom stereocenters. The molecule has 558 valence electrons. The number of nitrogens with one attached hydrogen (secondary N) is 3. The second-order valence-electron chi connectivity index (χ2n) is 30.0. The first kappa shape index (κ1) is 80.0. The van der Waals surface area contributed by atoms with Crippen LogP contribution in [0, 0.1) is 29.6 Å². The number of hydrogen-bond donors (Lipinski definition) is 3. The van der Waals surface area contributed by atoms with Crippen molar-refractivity contribution >= 4 is 82.5 Å². The molecule has 3 heterocycles. The van der Waals surface area contributed by atoms with E-state index >= 15 is 19.2 Å². The summed E-state index contributed by atoms with van der Waals surface area (Å²) in [6.07, 6.45) is 7.58. The molecule has 99 heavy (non-hydrogen) atoms. The lowest BCUT2D eigenvalue weighted by Crippen LogP contribution is -2.65. The third kappa shape index (κ3) is 20.1. The third-order valence-electron chi connectivity index (χ3n) is 23.1. The summed E-state index contributed by atoms with van der Waals surface area (Å²) in [5.41, 5.74) is -1.54. The van der Waals surface area contributed by atoms with E-state index in [0.717, 1.165) is 66.1 Å². The summed E-state index contributed by atoms with van der Waals surface area (Å²) in [7, 11) is 10.1. The maximum Gasteiger partial charge on any atom is 0.393 e. The molecular weight excluding hydrogens is 1310 g/mol. The Labute approximate surface area is 588 Å². The summed E-state index contributed by atoms with van der Waals surface area (Å²) < 4.78 is 42.0. The number of likely N-dealkylation sites (tertiary alicyclic amines) is 1. The Bertz CT molecular complexity index is 2870. The molecule has 0 aromatic heterocycles. The van der Waals surface area contributed by atoms with Gasteiger partial charge in [0.05, 0.1) is 32.0 Å². The lowest BCUT2D eigenvalue weighted by atomic mass is 9.78. The Morgan fingerprint density at radius 2 is 1.18 bits per heavy atom. The number of carbonyl (C=O) groups excluding carboxylic acids is 12. The monoisotopic (exact) mass is 1420 g/mol. The van der Waals surface area contributed by atoms with E-state index in [4.69, 9.17) is 11.6 Å². The van der Waals surface area contributed by atoms with Gasteiger partial charge in [-0.25, -0.2) is 0 Å². The zero-order valence-corrected chi connectivity index (χ0v) is 61.2. The van der Waals surface area contributed by atoms with E-state index in [9.17, 15) is 51.5 Å². The highest BCUT2D eigenvalue weighted by atomic mass is 35.5. The first-order valence-corrected chi connectivity index (χ1v) is 37.3. The molecule has 3 N–H and O–H groups in total. The highest BCUT2D eigenvalue weighted by Crippen LogP contribution is 2.44. The van der Waals surface area contributed by atoms with Gasteiger partial charge in [0.15, 0.2) is 0 Å². The van der Waals surface area contributed by atoms with Crippen LogP contribution in [0.15, 0.2) is 0 Å². The van der Waals surface area contributed by atoms with Gasteiger partial charge in [-0.05, 0) is 120 Å². The molecule has 3 saturated heterocycles. The zero-order chi connectivity index (χ0) is 72.8. The second-order valence-corrected chi connectivity index (χ2v) is 30.6. The van der Waals surface area contributed by atoms with E-state index in [-0.39, 0.29) is 88.5 Å². The summed E-state index contributed by atoms with van der Waals surface area (Å²) in [6.45, 7) is 4.67. The van der Waals surface area contributed by atoms with E-state index in [1.807, 2.05) is 13.8 Å². The Balaban J connectivity index is 1.26. The summed E-state index contributed by atoms with van der Waals surface area (Å²) in [4.78, 5) is 190. The molecule has 4 aliphatic carbocycles. The van der Waals surface area contributed by atoms with Crippen LogP contribution in [0.4, 0.5) is 13.2 Å². The fraction of sp³-hybridized carbons (Fsp3) is 0.831. The number of halogens is 4. The van der Waals surface area contributed by atoms with Crippen LogP contribution in [0.1, 0.15) is 201 Å². The van der Waals surface area contributed by atoms with Gasteiger partial charge in [-0.1, -0.05) is 97.8 Å². The minimum atomic E-state index is -4.51. The van der Waals surface area contributed by atoms with Crippen molar-refractivity contribution < 1.29 is 70.7 Å². The molecule has 7 fully saturated rings. The third-order valence-corrected chi connectivity index (χ3v) is 23.6. The number of fused-ring (bicyclic) bond motifs is 1. The van der Waals surface area contributed by atoms with Gasteiger partial charge in [-0.3, -0.25) is 57.5 Å². The van der Waals surface area contributed by atoms with E-state index < -0.39 is 168 Å². The van der Waals surface area contributed by atoms with Crippen LogP contribution in [-0.4, -0.2) is 263 Å². The van der Waals surface area contributed by atoms with Gasteiger partial charge in [0.1, 0.15) is 47.8 Å². The molecule has 7 aliphatic rings. The molecule has 3 aliphatic heterocycles. The zero-order valence-electron chi connectivity index (χ0n) is 60.5. The topological polar surface area (TPSA) is 270 Å². The second kappa shape index (κ2) is 36.0. The predicted octanol–water partition coefficient (Wildman–Crippen LogP) is 5.85. The predicted molar refractivity (Wildman–Crippen MR) is 365 cm³/mol. The van der Waals surface area contributed by atoms with Crippen molar-refractivity contribution in [2.24, 2.45) is 29.6 Å². The molecule has 1 spiro atoms. The molecule has 28 heteroatoms. The van der Waals surface area contributed by atoms with Crippen molar-refractivity contribution in [3.8, 4) is 0 Å². The Hall–Kier alpha value is -6.28. The normalized spacial score (nSPS) is 30.1. The Morgan fingerprint density at radius 3 is 1.79 bits per heavy atom. The number of carbonyl (C=O) groups is 12. The summed E-state index contributed by atoms with van der Waals surface area (Å²) in [5, 5.41) is 7.61. The lowest BCUT2D eigenvalue weighted by Gasteiger charge is -2.43. The highest BCUT2D eigenvalue weighted by Gasteiger charge is 2.52. The first-order chi connectivity index (χ1) is 46.8. The van der Waals surface area contributed by atoms with Gasteiger partial charge < -0.3 is 60.0 Å². The summed E-state index contributed by atoms with van der Waals surface area (Å²) in [6, 6.07) is -8.45. The van der Waals surface area contributed by atoms with Crippen molar-refractivity contribution in [2.45, 2.75) is 260 Å². The number of alkyl halides is 4. The number of rotatable bonds is 11. The largest absolute Gasteiger partial charge is 0.393 e. The van der Waals surface area contributed by atoms with E-state index in [0.29, 0.717) is 70.9 Å². The van der Waals surface area contributed by atoms with Crippen molar-refractivity contribution in [1.29, 1.82) is 0 Å². The fourth-order valence-corrected chi connectivity index (χ4v) is 17.1. The lowest BCUT2D eigenvalue weighted by molar-refractivity contribution is -0.182. The number of amides is 12. The van der Waals surface area contributed by atoms with E-state index in [1.54, 1.807) is 11.8 Å². The minimum absolute atomic E-state index is 0.00367. The summed E-state index contributed by atoms with van der Waals surface area (Å²) in [5.74, 6) is -10.3. The first-order valence-electron chi connectivity index (χ1n) is 36.8. The molecule has 0 bridgehead atoms. The van der Waals surface area contributed by atoms with Gasteiger partial charge in [0.25, 0.3) is 0 Å². The van der Waals surface area contributed by atoms with Crippen LogP contribution in [0.25, 0.3) is 0 Å². The molecule has 24 nitrogen and oxygen atoms in total. The number of likely N-dealkylation sites (N-methyl/N-ethyl adjacent to an activating group) is 7. The molecule has 7 rings (SSSR count). The van der Waals surface area contributed by atoms with Crippen LogP contribution in [0.3, 0.4) is 0 Å². The minimum Gasteiger partial charge on any atom is -0.343 e. The Kier molecular flexibility index (Phi) is 29.1. The van der Waals surface area contributed by atoms with Gasteiger partial charge in [-0.2, -0.15) is 13.2 Å². The van der Waals surface area contributed by atoms with Crippen LogP contribution in [0.2, 0.25) is 0 Å². The van der Waals surface area contributed by atoms with Crippen LogP contribution < -0.4 is 16.0 Å². The molecule has 0 aromatic rings. The SMILES string of the molecule is CCC[C@H]1C(=O)N[C@@H]([C@@H](C)CC)C(=O)N(C)CC(=O)N(C)CC(=O)N(C)[C@@H](CC2CCCCC2)C(=O)N(C)CC(=O)N[C@@H](CCC2CCC(C(F)(F)F)C(Cl)C2)C(=O)N2CCC[C@H]2C(=O)NC2(CCCC2)C(=O)N(C)[C@@H](C2CCCCC2)C(=O)N(C)[C@H](C(=O)N2CCCC2)CC(=O)N1C. The molecular formula is C71H114ClF3N12O12. The van der Waals surface area contributed by atoms with Crippen molar-refractivity contribution in [3.63, 3.8) is 0 Å². The maximum atomic E-state index is 15.7. The number of hydrogen-bond acceptors (Lipinski definition) is 12. The average Bonchev–Trinajstić information content (AvgIpc) is 1.75. The van der Waals surface area contributed by atoms with Crippen molar-refractivity contribution in [2.75, 3.05) is 88.6 Å². The van der Waals surface area contributed by atoms with Gasteiger partial charge in [0.2, 0.25) is 70.9 Å². The van der Waals surface area contributed by atoms with Crippen molar-refractivity contribution in [1.82, 2.24) is 60.0 Å². The maximum absolute atomic E-state index is 15.7. The smallest absolute Gasteiger partial charge is 0.343 e. The molecule has 11 atom stereocenters. The quantitative estimate of drug-likeness (QED) is 0.206. The van der Waals surface area contributed by atoms with Gasteiger partial charge in [0, 0.05) is 74.3 Å². The van der Waals surface area contributed by atoms with Crippen LogP contribution in [0.5, 0.6) is 0 Å². The van der Waals surface area contributed by atoms with Crippen LogP contribution >= 0.6 is 11.6 Å². The van der Waals surface area contributed by atoms with Gasteiger partial charge in [-0.15, -0.1) is 11.6 Å². The molecule has 12 amide bonds. The van der Waals surface area contributed by atoms with Gasteiger partial charge >= 0.3 is 6.18 Å². The standard InChI is InChI=1S/C71H114ClF3N12O12/c1-11-24-52-62(92)77-60(45(3)12-2)67(97)81(6)43-58(90)79(4)44-59(91)83(8)54(40-46-25-15-13-16-26-46)65(95)80(5)42-56(88)76-51(33-31-47-30-32-49(50(72)39-47)71(73,74)75)64(94)87-38-23-29-53(87)63(93)78-70(34-19-20-35-70)69(99)85(10)61(48-27-17-14-18-28-48)68(98)84(9)55(41-57(89)82(52)7)66(96)86-36-21-22-37-86/h45-55,60-61H,11-44H2,1-10H3,(H,76,88)(H,77,92)(H,78,93)/t45-,47?,49?,50?,51-,52-,53-,54-,55-,60-,61-/m0/s1. The molecule has 0 radical (unpaired) electrons. The fourth-order valence-electron chi connectivity index (χ4n) is 16.5. The van der Waals surface area contributed by atoms with Crippen molar-refractivity contribution in [3.05, 3.63) is 0 Å². The average molecular weight is 1420 g/mol. The van der Waals surface area contributed by atoms with E-state index in [1.165, 1.54) is 73.8 Å². The Morgan fingerprint density at radius 1 is 0.576 bits per heavy atom. The molecule has 0 aromatic carbocycles. The number of nitrogens with zero attached hydrogens (tertiary/aromatic N) is 9. The summed E-state index contributed by atoms with van der Waals surface area (Å²) >= 11 is 6.40.